The first-order valence-corrected chi connectivity index (χ1v) is 7.17. The third-order valence-electron chi connectivity index (χ3n) is 3.39. The van der Waals surface area contributed by atoms with Crippen molar-refractivity contribution < 1.29 is 5.11 Å². The van der Waals surface area contributed by atoms with Crippen molar-refractivity contribution in [3.05, 3.63) is 10.9 Å². The van der Waals surface area contributed by atoms with Crippen LogP contribution >= 0.6 is 11.3 Å². The molecule has 3 heterocycles. The molecule has 1 saturated heterocycles. The summed E-state index contributed by atoms with van der Waals surface area (Å²) in [5.74, 6) is 6.79. The summed E-state index contributed by atoms with van der Waals surface area (Å²) in [6, 6.07) is 2.11. The minimum Gasteiger partial charge on any atom is -0.393 e. The fourth-order valence-electron chi connectivity index (χ4n) is 2.41. The largest absolute Gasteiger partial charge is 0.393 e. The maximum Gasteiger partial charge on any atom is 0.240 e. The Morgan fingerprint density at radius 1 is 1.42 bits per heavy atom. The number of hydrazine groups is 1. The van der Waals surface area contributed by atoms with Gasteiger partial charge < -0.3 is 10.0 Å². The molecule has 0 saturated carbocycles. The monoisotopic (exact) mass is 279 g/mol. The van der Waals surface area contributed by atoms with Gasteiger partial charge in [-0.05, 0) is 25.8 Å². The van der Waals surface area contributed by atoms with Crippen LogP contribution in [0.1, 0.15) is 17.7 Å². The zero-order chi connectivity index (χ0) is 13.4. The normalized spacial score (nSPS) is 17.1. The lowest BCUT2D eigenvalue weighted by Gasteiger charge is -2.31. The number of aliphatic hydroxyl groups is 1. The number of hydrogen-bond acceptors (Lipinski definition) is 7. The number of nitrogens with two attached hydrogens (primary N) is 1. The van der Waals surface area contributed by atoms with Gasteiger partial charge in [-0.3, -0.25) is 5.43 Å². The third kappa shape index (κ3) is 2.36. The van der Waals surface area contributed by atoms with E-state index >= 15 is 0 Å². The van der Waals surface area contributed by atoms with Crippen LogP contribution in [0.2, 0.25) is 0 Å². The fourth-order valence-corrected chi connectivity index (χ4v) is 3.28. The predicted molar refractivity (Wildman–Crippen MR) is 77.4 cm³/mol. The summed E-state index contributed by atoms with van der Waals surface area (Å²) in [5, 5.41) is 10.7. The number of rotatable bonds is 2. The highest BCUT2D eigenvalue weighted by Crippen LogP contribution is 2.32. The summed E-state index contributed by atoms with van der Waals surface area (Å²) in [6.45, 7) is 3.68. The van der Waals surface area contributed by atoms with E-state index < -0.39 is 0 Å². The zero-order valence-corrected chi connectivity index (χ0v) is 11.6. The highest BCUT2D eigenvalue weighted by Gasteiger charge is 2.21. The molecule has 1 fully saturated rings. The molecule has 4 N–H and O–H groups in total. The Morgan fingerprint density at radius 3 is 2.84 bits per heavy atom. The molecule has 0 aliphatic carbocycles. The molecule has 0 bridgehead atoms. The van der Waals surface area contributed by atoms with Gasteiger partial charge in [-0.25, -0.2) is 10.8 Å². The van der Waals surface area contributed by atoms with E-state index in [0.29, 0.717) is 5.95 Å². The second-order valence-corrected chi connectivity index (χ2v) is 6.04. The molecule has 6 nitrogen and oxygen atoms in total. The van der Waals surface area contributed by atoms with Crippen LogP contribution in [0.4, 0.5) is 11.8 Å². The number of aryl methyl sites for hydroxylation is 1. The average molecular weight is 279 g/mol. The van der Waals surface area contributed by atoms with Crippen LogP contribution in [0.5, 0.6) is 0 Å². The van der Waals surface area contributed by atoms with Crippen molar-refractivity contribution in [3.8, 4) is 0 Å². The van der Waals surface area contributed by atoms with Crippen LogP contribution in [-0.2, 0) is 0 Å². The Balaban J connectivity index is 2.05. The van der Waals surface area contributed by atoms with Gasteiger partial charge in [-0.2, -0.15) is 4.98 Å². The third-order valence-corrected chi connectivity index (χ3v) is 4.33. The van der Waals surface area contributed by atoms with E-state index in [2.05, 4.69) is 33.3 Å². The van der Waals surface area contributed by atoms with Gasteiger partial charge in [0.05, 0.1) is 11.5 Å². The molecule has 7 heteroatoms. The zero-order valence-electron chi connectivity index (χ0n) is 10.8. The van der Waals surface area contributed by atoms with Crippen LogP contribution in [0, 0.1) is 6.92 Å². The molecule has 3 rings (SSSR count). The van der Waals surface area contributed by atoms with Crippen molar-refractivity contribution in [2.24, 2.45) is 5.84 Å². The Kier molecular flexibility index (Phi) is 3.26. The average Bonchev–Trinajstić information content (AvgIpc) is 2.78. The van der Waals surface area contributed by atoms with E-state index in [9.17, 15) is 5.11 Å². The number of nitrogens with one attached hydrogen (secondary N) is 1. The summed E-state index contributed by atoms with van der Waals surface area (Å²) in [5.41, 5.74) is 2.53. The van der Waals surface area contributed by atoms with E-state index in [-0.39, 0.29) is 6.10 Å². The number of nitrogen functional groups attached to an aromatic ring is 1. The lowest BCUT2D eigenvalue weighted by atomic mass is 10.1. The highest BCUT2D eigenvalue weighted by molar-refractivity contribution is 7.18. The number of aliphatic hydroxyl groups excluding tert-OH is 1. The number of nitrogens with zero attached hydrogens (tertiary/aromatic N) is 3. The van der Waals surface area contributed by atoms with Crippen LogP contribution in [0.15, 0.2) is 6.07 Å². The van der Waals surface area contributed by atoms with Crippen molar-refractivity contribution in [1.82, 2.24) is 9.97 Å². The van der Waals surface area contributed by atoms with Crippen molar-refractivity contribution in [1.29, 1.82) is 0 Å². The predicted octanol–water partition coefficient (Wildman–Crippen LogP) is 1.25. The van der Waals surface area contributed by atoms with Crippen LogP contribution < -0.4 is 16.2 Å². The van der Waals surface area contributed by atoms with Crippen molar-refractivity contribution in [2.75, 3.05) is 23.4 Å². The molecule has 0 atom stereocenters. The molecule has 0 radical (unpaired) electrons. The first kappa shape index (κ1) is 12.6. The van der Waals surface area contributed by atoms with Gasteiger partial charge in [0, 0.05) is 18.0 Å². The standard InChI is InChI=1S/C12H17N5OS/c1-7-6-9-10(17-4-2-8(18)3-5-17)14-12(16-13)15-11(9)19-7/h6,8,18H,2-5,13H2,1H3,(H,14,15,16). The summed E-state index contributed by atoms with van der Waals surface area (Å²) in [4.78, 5) is 13.2. The number of fused-ring (bicyclic) bond motifs is 1. The molecule has 0 aromatic carbocycles. The van der Waals surface area contributed by atoms with E-state index in [0.717, 1.165) is 42.0 Å². The van der Waals surface area contributed by atoms with Gasteiger partial charge in [-0.1, -0.05) is 0 Å². The molecule has 1 aliphatic rings. The Hall–Kier alpha value is -1.44. The Labute approximate surface area is 115 Å². The molecular formula is C12H17N5OS. The molecule has 19 heavy (non-hydrogen) atoms. The van der Waals surface area contributed by atoms with Crippen LogP contribution in [0.3, 0.4) is 0 Å². The SMILES string of the molecule is Cc1cc2c(N3CCC(O)CC3)nc(NN)nc2s1. The maximum atomic E-state index is 9.60. The lowest BCUT2D eigenvalue weighted by molar-refractivity contribution is 0.145. The van der Waals surface area contributed by atoms with Crippen molar-refractivity contribution in [3.63, 3.8) is 0 Å². The minimum absolute atomic E-state index is 0.190. The van der Waals surface area contributed by atoms with E-state index in [1.165, 1.54) is 4.88 Å². The quantitative estimate of drug-likeness (QED) is 0.566. The number of thiophene rings is 1. The second kappa shape index (κ2) is 4.92. The minimum atomic E-state index is -0.190. The number of piperidine rings is 1. The smallest absolute Gasteiger partial charge is 0.240 e. The van der Waals surface area contributed by atoms with Gasteiger partial charge in [0.2, 0.25) is 5.95 Å². The first-order chi connectivity index (χ1) is 9.17. The highest BCUT2D eigenvalue weighted by atomic mass is 32.1. The van der Waals surface area contributed by atoms with E-state index in [1.54, 1.807) is 11.3 Å². The summed E-state index contributed by atoms with van der Waals surface area (Å²) in [6.07, 6.45) is 1.37. The fraction of sp³-hybridized carbons (Fsp3) is 0.500. The van der Waals surface area contributed by atoms with Crippen LogP contribution in [-0.4, -0.2) is 34.3 Å². The van der Waals surface area contributed by atoms with E-state index in [4.69, 9.17) is 5.84 Å². The number of anilines is 2. The summed E-state index contributed by atoms with van der Waals surface area (Å²) < 4.78 is 0. The summed E-state index contributed by atoms with van der Waals surface area (Å²) >= 11 is 1.64. The molecule has 0 spiro atoms. The first-order valence-electron chi connectivity index (χ1n) is 6.35. The summed E-state index contributed by atoms with van der Waals surface area (Å²) in [7, 11) is 0. The molecule has 1 aliphatic heterocycles. The number of aromatic nitrogens is 2. The molecule has 0 unspecified atom stereocenters. The van der Waals surface area contributed by atoms with Crippen molar-refractivity contribution in [2.45, 2.75) is 25.9 Å². The number of hydrogen-bond donors (Lipinski definition) is 3. The van der Waals surface area contributed by atoms with Gasteiger partial charge in [0.25, 0.3) is 0 Å². The van der Waals surface area contributed by atoms with Gasteiger partial charge in [0.15, 0.2) is 0 Å². The maximum absolute atomic E-state index is 9.60. The topological polar surface area (TPSA) is 87.3 Å². The molecule has 2 aromatic heterocycles. The molecule has 0 amide bonds. The van der Waals surface area contributed by atoms with Gasteiger partial charge >= 0.3 is 0 Å². The molecule has 102 valence electrons. The Bertz CT molecular complexity index is 591. The molecule has 2 aromatic rings. The van der Waals surface area contributed by atoms with Gasteiger partial charge in [0.1, 0.15) is 10.6 Å². The Morgan fingerprint density at radius 2 is 2.16 bits per heavy atom. The second-order valence-electron chi connectivity index (χ2n) is 4.81. The van der Waals surface area contributed by atoms with Crippen molar-refractivity contribution >= 4 is 33.3 Å². The molecular weight excluding hydrogens is 262 g/mol. The van der Waals surface area contributed by atoms with E-state index in [1.807, 2.05) is 0 Å². The lowest BCUT2D eigenvalue weighted by Crippen LogP contribution is -2.36. The van der Waals surface area contributed by atoms with Gasteiger partial charge in [-0.15, -0.1) is 11.3 Å². The van der Waals surface area contributed by atoms with Crippen LogP contribution in [0.25, 0.3) is 10.2 Å².